The third kappa shape index (κ3) is 4.82. The molecule has 7 nitrogen and oxygen atoms in total. The highest BCUT2D eigenvalue weighted by molar-refractivity contribution is 7.98. The van der Waals surface area contributed by atoms with Crippen molar-refractivity contribution < 1.29 is 13.9 Å². The van der Waals surface area contributed by atoms with Gasteiger partial charge in [0.15, 0.2) is 11.0 Å². The Morgan fingerprint density at radius 3 is 2.75 bits per heavy atom. The van der Waals surface area contributed by atoms with Crippen molar-refractivity contribution in [2.45, 2.75) is 23.9 Å². The van der Waals surface area contributed by atoms with Gasteiger partial charge in [0.2, 0.25) is 0 Å². The van der Waals surface area contributed by atoms with Gasteiger partial charge in [0.05, 0.1) is 12.1 Å². The highest BCUT2D eigenvalue weighted by atomic mass is 35.5. The van der Waals surface area contributed by atoms with Crippen LogP contribution < -0.4 is 10.4 Å². The van der Waals surface area contributed by atoms with Crippen LogP contribution in [0.2, 0.25) is 5.02 Å². The van der Waals surface area contributed by atoms with Gasteiger partial charge in [-0.15, -0.1) is 10.2 Å². The maximum atomic E-state index is 12.1. The van der Waals surface area contributed by atoms with Crippen molar-refractivity contribution >= 4 is 34.3 Å². The predicted octanol–water partition coefficient (Wildman–Crippen LogP) is 5.04. The summed E-state index contributed by atoms with van der Waals surface area (Å²) in [6, 6.07) is 14.5. The second-order valence-electron chi connectivity index (χ2n) is 7.03. The van der Waals surface area contributed by atoms with Crippen LogP contribution in [0.1, 0.15) is 12.0 Å². The number of hydrogen-bond donors (Lipinski definition) is 0. The second-order valence-corrected chi connectivity index (χ2v) is 8.38. The molecule has 0 bridgehead atoms. The molecule has 32 heavy (non-hydrogen) atoms. The minimum Gasteiger partial charge on any atom is -0.497 e. The summed E-state index contributed by atoms with van der Waals surface area (Å²) in [5.74, 6) is 1.86. The Labute approximate surface area is 194 Å². The zero-order valence-corrected chi connectivity index (χ0v) is 19.3. The van der Waals surface area contributed by atoms with Crippen LogP contribution in [0.3, 0.4) is 0 Å². The summed E-state index contributed by atoms with van der Waals surface area (Å²) < 4.78 is 17.9. The van der Waals surface area contributed by atoms with E-state index in [1.807, 2.05) is 41.0 Å². The van der Waals surface area contributed by atoms with Gasteiger partial charge in [-0.2, -0.15) is 0 Å². The molecule has 0 radical (unpaired) electrons. The van der Waals surface area contributed by atoms with Crippen LogP contribution in [0.15, 0.2) is 62.9 Å². The average molecular weight is 472 g/mol. The van der Waals surface area contributed by atoms with Crippen LogP contribution in [0.4, 0.5) is 0 Å². The number of halogens is 1. The molecule has 9 heteroatoms. The molecular weight excluding hydrogens is 450 g/mol. The Kier molecular flexibility index (Phi) is 7.14. The van der Waals surface area contributed by atoms with Gasteiger partial charge in [0, 0.05) is 49.1 Å². The molecule has 0 fully saturated rings. The summed E-state index contributed by atoms with van der Waals surface area (Å²) in [6.07, 6.45) is 0.803. The minimum atomic E-state index is -0.403. The fourth-order valence-electron chi connectivity index (χ4n) is 3.40. The molecule has 0 N–H and O–H groups in total. The minimum absolute atomic E-state index is 0.403. The zero-order chi connectivity index (χ0) is 22.5. The van der Waals surface area contributed by atoms with Crippen molar-refractivity contribution in [1.82, 2.24) is 14.8 Å². The van der Waals surface area contributed by atoms with Gasteiger partial charge in [-0.05, 0) is 36.2 Å². The van der Waals surface area contributed by atoms with E-state index in [-0.39, 0.29) is 0 Å². The molecular formula is C23H22ClN3O4S. The number of methoxy groups -OCH3 is 2. The van der Waals surface area contributed by atoms with Crippen LogP contribution in [-0.4, -0.2) is 35.6 Å². The van der Waals surface area contributed by atoms with E-state index in [9.17, 15) is 4.79 Å². The number of nitrogens with zero attached hydrogens (tertiary/aromatic N) is 3. The molecule has 4 aromatic rings. The van der Waals surface area contributed by atoms with Crippen molar-refractivity contribution in [2.24, 2.45) is 0 Å². The molecule has 0 saturated carbocycles. The number of rotatable bonds is 9. The maximum absolute atomic E-state index is 12.1. The van der Waals surface area contributed by atoms with Crippen LogP contribution in [0.5, 0.6) is 5.75 Å². The molecule has 0 amide bonds. The predicted molar refractivity (Wildman–Crippen MR) is 126 cm³/mol. The number of ether oxygens (including phenoxy) is 2. The Balaban J connectivity index is 1.66. The molecule has 166 valence electrons. The highest BCUT2D eigenvalue weighted by Crippen LogP contribution is 2.32. The average Bonchev–Trinajstić information content (AvgIpc) is 3.19. The summed E-state index contributed by atoms with van der Waals surface area (Å²) in [5.41, 5.74) is 1.77. The number of fused-ring (bicyclic) bond motifs is 1. The van der Waals surface area contributed by atoms with Crippen molar-refractivity contribution in [3.63, 3.8) is 0 Å². The van der Waals surface area contributed by atoms with Crippen LogP contribution >= 0.6 is 23.4 Å². The standard InChI is InChI=1S/C23H22ClN3O4S/c1-29-11-5-10-27-22(18-6-3-4-7-19(18)24)25-26-23(27)32-14-15-12-21(28)31-20-13-16(30-2)8-9-17(15)20/h3-4,6-9,12-13H,5,10-11,14H2,1-2H3. The van der Waals surface area contributed by atoms with Gasteiger partial charge in [-0.3, -0.25) is 0 Å². The summed E-state index contributed by atoms with van der Waals surface area (Å²) in [5, 5.41) is 11.0. The lowest BCUT2D eigenvalue weighted by molar-refractivity contribution is 0.189. The maximum Gasteiger partial charge on any atom is 0.336 e. The molecule has 0 atom stereocenters. The number of thioether (sulfide) groups is 1. The second kappa shape index (κ2) is 10.2. The first-order chi connectivity index (χ1) is 15.6. The number of hydrogen-bond acceptors (Lipinski definition) is 7. The normalized spacial score (nSPS) is 11.2. The molecule has 0 aliphatic heterocycles. The third-order valence-electron chi connectivity index (χ3n) is 4.96. The van der Waals surface area contributed by atoms with E-state index in [1.54, 1.807) is 20.3 Å². The lowest BCUT2D eigenvalue weighted by Gasteiger charge is -2.11. The fraction of sp³-hybridized carbons (Fsp3) is 0.261. The van der Waals surface area contributed by atoms with E-state index in [2.05, 4.69) is 10.2 Å². The monoisotopic (exact) mass is 471 g/mol. The lowest BCUT2D eigenvalue weighted by atomic mass is 10.1. The van der Waals surface area contributed by atoms with E-state index < -0.39 is 5.63 Å². The first-order valence-electron chi connectivity index (χ1n) is 10.0. The van der Waals surface area contributed by atoms with Gasteiger partial charge < -0.3 is 18.5 Å². The summed E-state index contributed by atoms with van der Waals surface area (Å²) >= 11 is 7.92. The molecule has 2 aromatic carbocycles. The zero-order valence-electron chi connectivity index (χ0n) is 17.7. The van der Waals surface area contributed by atoms with Crippen molar-refractivity contribution in [3.8, 4) is 17.1 Å². The van der Waals surface area contributed by atoms with Gasteiger partial charge >= 0.3 is 5.63 Å². The van der Waals surface area contributed by atoms with Gasteiger partial charge in [-0.1, -0.05) is 35.5 Å². The molecule has 4 rings (SSSR count). The Morgan fingerprint density at radius 2 is 1.97 bits per heavy atom. The van der Waals surface area contributed by atoms with E-state index >= 15 is 0 Å². The molecule has 2 aromatic heterocycles. The smallest absolute Gasteiger partial charge is 0.336 e. The summed E-state index contributed by atoms with van der Waals surface area (Å²) in [4.78, 5) is 12.1. The molecule has 0 saturated heterocycles. The molecule has 0 aliphatic rings. The first kappa shape index (κ1) is 22.4. The number of benzene rings is 2. The SMILES string of the molecule is COCCCn1c(SCc2cc(=O)oc3cc(OC)ccc23)nnc1-c1ccccc1Cl. The van der Waals surface area contributed by atoms with E-state index in [4.69, 9.17) is 25.5 Å². The topological polar surface area (TPSA) is 79.4 Å². The van der Waals surface area contributed by atoms with E-state index in [1.165, 1.54) is 17.8 Å². The molecule has 0 unspecified atom stereocenters. The Bertz CT molecular complexity index is 1290. The highest BCUT2D eigenvalue weighted by Gasteiger charge is 2.17. The fourth-order valence-corrected chi connectivity index (χ4v) is 4.58. The molecule has 0 aliphatic carbocycles. The quantitative estimate of drug-likeness (QED) is 0.192. The van der Waals surface area contributed by atoms with Crippen LogP contribution in [0, 0.1) is 0 Å². The van der Waals surface area contributed by atoms with Crippen molar-refractivity contribution in [2.75, 3.05) is 20.8 Å². The number of aromatic nitrogens is 3. The largest absolute Gasteiger partial charge is 0.497 e. The van der Waals surface area contributed by atoms with Gasteiger partial charge in [0.25, 0.3) is 0 Å². The van der Waals surface area contributed by atoms with Crippen molar-refractivity contribution in [1.29, 1.82) is 0 Å². The first-order valence-corrected chi connectivity index (χ1v) is 11.4. The van der Waals surface area contributed by atoms with Gasteiger partial charge in [0.1, 0.15) is 11.3 Å². The Hall–Kier alpha value is -2.81. The lowest BCUT2D eigenvalue weighted by Crippen LogP contribution is -2.06. The van der Waals surface area contributed by atoms with Gasteiger partial charge in [-0.25, -0.2) is 4.79 Å². The Morgan fingerprint density at radius 1 is 1.12 bits per heavy atom. The van der Waals surface area contributed by atoms with E-state index in [0.29, 0.717) is 41.1 Å². The van der Waals surface area contributed by atoms with E-state index in [0.717, 1.165) is 28.1 Å². The third-order valence-corrected chi connectivity index (χ3v) is 6.30. The summed E-state index contributed by atoms with van der Waals surface area (Å²) in [7, 11) is 3.25. The van der Waals surface area contributed by atoms with Crippen LogP contribution in [-0.2, 0) is 17.0 Å². The molecule has 2 heterocycles. The van der Waals surface area contributed by atoms with Crippen LogP contribution in [0.25, 0.3) is 22.4 Å². The van der Waals surface area contributed by atoms with Crippen molar-refractivity contribution in [3.05, 3.63) is 69.5 Å². The summed E-state index contributed by atoms with van der Waals surface area (Å²) in [6.45, 7) is 1.30. The molecule has 0 spiro atoms.